The molecule has 3 heterocycles. The Kier molecular flexibility index (Phi) is 3.72. The lowest BCUT2D eigenvalue weighted by Gasteiger charge is -1.97. The van der Waals surface area contributed by atoms with Crippen molar-refractivity contribution < 1.29 is 9.59 Å². The van der Waals surface area contributed by atoms with Crippen LogP contribution in [0, 0.1) is 0 Å². The molecule has 3 aromatic heterocycles. The van der Waals surface area contributed by atoms with Crippen LogP contribution in [0.5, 0.6) is 0 Å². The lowest BCUT2D eigenvalue weighted by molar-refractivity contribution is -0.116. The number of tetrazole rings is 1. The monoisotopic (exact) mass is 298 g/mol. The van der Waals surface area contributed by atoms with Crippen molar-refractivity contribution in [3.05, 3.63) is 47.8 Å². The second-order valence-corrected chi connectivity index (χ2v) is 4.39. The first-order valence-corrected chi connectivity index (χ1v) is 6.31. The van der Waals surface area contributed by atoms with Crippen LogP contribution in [-0.4, -0.2) is 52.2 Å². The molecule has 0 unspecified atom stereocenters. The lowest BCUT2D eigenvalue weighted by atomic mass is 10.2. The van der Waals surface area contributed by atoms with Gasteiger partial charge in [0.05, 0.1) is 11.9 Å². The van der Waals surface area contributed by atoms with Crippen molar-refractivity contribution >= 4 is 11.6 Å². The zero-order chi connectivity index (χ0) is 15.4. The third kappa shape index (κ3) is 3.06. The van der Waals surface area contributed by atoms with Gasteiger partial charge in [0.1, 0.15) is 6.54 Å². The van der Waals surface area contributed by atoms with E-state index in [4.69, 9.17) is 0 Å². The minimum absolute atomic E-state index is 0.269. The van der Waals surface area contributed by atoms with Crippen LogP contribution in [-0.2, 0) is 17.8 Å². The highest BCUT2D eigenvalue weighted by molar-refractivity contribution is 6.42. The quantitative estimate of drug-likeness (QED) is 0.463. The fraction of sp³-hybridized carbons (Fsp3) is 0.167. The third-order valence-electron chi connectivity index (χ3n) is 2.81. The van der Waals surface area contributed by atoms with E-state index < -0.39 is 11.6 Å². The number of aromatic nitrogens is 8. The van der Waals surface area contributed by atoms with Crippen LogP contribution in [0.4, 0.5) is 0 Å². The number of aromatic amines is 1. The molecule has 0 radical (unpaired) electrons. The Balaban J connectivity index is 1.64. The molecule has 0 aliphatic carbocycles. The number of pyridine rings is 1. The van der Waals surface area contributed by atoms with Gasteiger partial charge in [-0.15, -0.1) is 10.2 Å². The molecule has 1 N–H and O–H groups in total. The Morgan fingerprint density at radius 2 is 2.05 bits per heavy atom. The summed E-state index contributed by atoms with van der Waals surface area (Å²) in [5, 5.41) is 20.4. The number of ketones is 2. The molecule has 10 heteroatoms. The second kappa shape index (κ2) is 5.99. The van der Waals surface area contributed by atoms with Crippen LogP contribution in [0.3, 0.4) is 0 Å². The van der Waals surface area contributed by atoms with Gasteiger partial charge < -0.3 is 0 Å². The summed E-state index contributed by atoms with van der Waals surface area (Å²) in [6, 6.07) is 3.73. The van der Waals surface area contributed by atoms with Gasteiger partial charge in [-0.3, -0.25) is 14.6 Å². The van der Waals surface area contributed by atoms with E-state index in [1.807, 2.05) is 12.1 Å². The predicted molar refractivity (Wildman–Crippen MR) is 70.6 cm³/mol. The van der Waals surface area contributed by atoms with E-state index in [1.165, 1.54) is 0 Å². The van der Waals surface area contributed by atoms with Crippen molar-refractivity contribution in [2.75, 3.05) is 0 Å². The number of carbonyl (C=O) groups excluding carboxylic acids is 2. The molecular formula is C12H10N8O2. The second-order valence-electron chi connectivity index (χ2n) is 4.39. The number of carbonyl (C=O) groups is 2. The van der Waals surface area contributed by atoms with Gasteiger partial charge in [0, 0.05) is 18.8 Å². The molecule has 0 aromatic carbocycles. The van der Waals surface area contributed by atoms with E-state index in [9.17, 15) is 9.59 Å². The molecule has 0 aliphatic heterocycles. The van der Waals surface area contributed by atoms with Crippen LogP contribution < -0.4 is 0 Å². The number of H-pyrrole nitrogens is 1. The Hall–Kier alpha value is -3.30. The minimum Gasteiger partial charge on any atom is -0.288 e. The van der Waals surface area contributed by atoms with Crippen LogP contribution in [0.1, 0.15) is 21.9 Å². The molecule has 0 amide bonds. The van der Waals surface area contributed by atoms with E-state index in [1.54, 1.807) is 18.6 Å². The van der Waals surface area contributed by atoms with Crippen LogP contribution in [0.2, 0.25) is 0 Å². The van der Waals surface area contributed by atoms with Crippen molar-refractivity contribution in [1.82, 2.24) is 40.6 Å². The molecule has 0 aliphatic rings. The normalized spacial score (nSPS) is 10.5. The zero-order valence-corrected chi connectivity index (χ0v) is 11.2. The van der Waals surface area contributed by atoms with E-state index in [0.717, 1.165) is 10.4 Å². The fourth-order valence-electron chi connectivity index (χ4n) is 1.78. The number of hydrogen-bond acceptors (Lipinski definition) is 8. The number of rotatable bonds is 6. The molecule has 22 heavy (non-hydrogen) atoms. The van der Waals surface area contributed by atoms with E-state index >= 15 is 0 Å². The first-order valence-electron chi connectivity index (χ1n) is 6.31. The average molecular weight is 298 g/mol. The highest BCUT2D eigenvalue weighted by atomic mass is 16.2. The SMILES string of the molecule is O=C(Cn1ncc(Cc2ccncc2)n1)C(=O)c1nn[nH]n1. The van der Waals surface area contributed by atoms with E-state index in [0.29, 0.717) is 12.1 Å². The molecule has 3 rings (SSSR count). The number of nitrogens with one attached hydrogen (secondary N) is 1. The summed E-state index contributed by atoms with van der Waals surface area (Å²) in [6.45, 7) is -0.274. The van der Waals surface area contributed by atoms with Crippen molar-refractivity contribution in [1.29, 1.82) is 0 Å². The van der Waals surface area contributed by atoms with Crippen LogP contribution in [0.25, 0.3) is 0 Å². The molecular weight excluding hydrogens is 288 g/mol. The molecule has 0 spiro atoms. The fourth-order valence-corrected chi connectivity index (χ4v) is 1.78. The highest BCUT2D eigenvalue weighted by Crippen LogP contribution is 2.04. The molecule has 0 fully saturated rings. The standard InChI is InChI=1S/C12H10N8O2/c21-10(11(22)12-15-18-19-16-12)7-20-14-6-9(17-20)5-8-1-3-13-4-2-8/h1-4,6H,5,7H2,(H,15,16,18,19). The predicted octanol–water partition coefficient (Wildman–Crippen LogP) is -0.771. The van der Waals surface area contributed by atoms with Gasteiger partial charge in [-0.2, -0.15) is 20.2 Å². The van der Waals surface area contributed by atoms with Gasteiger partial charge in [-0.1, -0.05) is 0 Å². The maximum absolute atomic E-state index is 11.8. The Morgan fingerprint density at radius 3 is 2.77 bits per heavy atom. The summed E-state index contributed by atoms with van der Waals surface area (Å²) in [5.74, 6) is -1.82. The number of hydrogen-bond donors (Lipinski definition) is 1. The van der Waals surface area contributed by atoms with Gasteiger partial charge in [0.15, 0.2) is 0 Å². The van der Waals surface area contributed by atoms with Crippen molar-refractivity contribution in [3.8, 4) is 0 Å². The van der Waals surface area contributed by atoms with Crippen molar-refractivity contribution in [2.24, 2.45) is 0 Å². The zero-order valence-electron chi connectivity index (χ0n) is 11.2. The van der Waals surface area contributed by atoms with Gasteiger partial charge in [0.25, 0.3) is 5.78 Å². The van der Waals surface area contributed by atoms with Gasteiger partial charge >= 0.3 is 0 Å². The van der Waals surface area contributed by atoms with Gasteiger partial charge in [-0.05, 0) is 22.9 Å². The third-order valence-corrected chi connectivity index (χ3v) is 2.81. The lowest BCUT2D eigenvalue weighted by Crippen LogP contribution is -2.22. The topological polar surface area (TPSA) is 132 Å². The molecule has 0 atom stereocenters. The maximum Gasteiger partial charge on any atom is 0.271 e. The summed E-state index contributed by atoms with van der Waals surface area (Å²) >= 11 is 0. The molecule has 0 saturated heterocycles. The van der Waals surface area contributed by atoms with Crippen LogP contribution >= 0.6 is 0 Å². The molecule has 10 nitrogen and oxygen atoms in total. The van der Waals surface area contributed by atoms with E-state index in [-0.39, 0.29) is 12.4 Å². The maximum atomic E-state index is 11.8. The van der Waals surface area contributed by atoms with Gasteiger partial charge in [-0.25, -0.2) is 0 Å². The Labute approximate surface area is 123 Å². The summed E-state index contributed by atoms with van der Waals surface area (Å²) in [7, 11) is 0. The van der Waals surface area contributed by atoms with Crippen LogP contribution in [0.15, 0.2) is 30.7 Å². The molecule has 0 bridgehead atoms. The Morgan fingerprint density at radius 1 is 1.23 bits per heavy atom. The summed E-state index contributed by atoms with van der Waals surface area (Å²) in [6.07, 6.45) is 5.49. The number of Topliss-reactive ketones (excluding diaryl/α,β-unsaturated/α-hetero) is 2. The summed E-state index contributed by atoms with van der Waals surface area (Å²) in [4.78, 5) is 28.6. The van der Waals surface area contributed by atoms with Crippen molar-refractivity contribution in [3.63, 3.8) is 0 Å². The largest absolute Gasteiger partial charge is 0.288 e. The smallest absolute Gasteiger partial charge is 0.271 e. The molecule has 0 saturated carbocycles. The summed E-state index contributed by atoms with van der Waals surface area (Å²) < 4.78 is 0. The molecule has 110 valence electrons. The first-order chi connectivity index (χ1) is 10.7. The van der Waals surface area contributed by atoms with E-state index in [2.05, 4.69) is 35.8 Å². The average Bonchev–Trinajstić information content (AvgIpc) is 3.19. The first kappa shape index (κ1) is 13.7. The van der Waals surface area contributed by atoms with Gasteiger partial charge in [0.2, 0.25) is 11.6 Å². The van der Waals surface area contributed by atoms with Crippen molar-refractivity contribution in [2.45, 2.75) is 13.0 Å². The summed E-state index contributed by atoms with van der Waals surface area (Å²) in [5.41, 5.74) is 1.71. The number of nitrogens with zero attached hydrogens (tertiary/aromatic N) is 7. The Bertz CT molecular complexity index is 781. The highest BCUT2D eigenvalue weighted by Gasteiger charge is 2.21. The molecule has 3 aromatic rings. The minimum atomic E-state index is -0.832.